The van der Waals surface area contributed by atoms with E-state index in [1.54, 1.807) is 7.05 Å². The first-order valence-corrected chi connectivity index (χ1v) is 5.64. The minimum Gasteiger partial charge on any atom is -0.357 e. The normalized spacial score (nSPS) is 10.2. The quantitative estimate of drug-likeness (QED) is 0.874. The first-order chi connectivity index (χ1) is 8.60. The number of aromatic nitrogens is 2. The maximum Gasteiger partial charge on any atom is 0.224 e. The molecule has 2 N–H and O–H groups in total. The van der Waals surface area contributed by atoms with E-state index in [1.165, 1.54) is 0 Å². The lowest BCUT2D eigenvalue weighted by Crippen LogP contribution is -2.03. The van der Waals surface area contributed by atoms with Crippen LogP contribution in [0.2, 0.25) is 0 Å². The minimum atomic E-state index is -0.477. The number of nitrogens with zero attached hydrogens (tertiary/aromatic N) is 2. The summed E-state index contributed by atoms with van der Waals surface area (Å²) < 4.78 is 13.6. The number of hydrogen-bond acceptors (Lipinski definition) is 4. The summed E-state index contributed by atoms with van der Waals surface area (Å²) in [5.74, 6) is 0.0714. The van der Waals surface area contributed by atoms with E-state index in [4.69, 9.17) is 0 Å². The zero-order chi connectivity index (χ0) is 13.1. The van der Waals surface area contributed by atoms with Gasteiger partial charge in [-0.05, 0) is 31.0 Å². The SMILES string of the molecule is CNc1ncc(F)c(Nc2cc(C)ccc2C)n1. The molecule has 0 aliphatic carbocycles. The van der Waals surface area contributed by atoms with Crippen LogP contribution in [0.1, 0.15) is 11.1 Å². The number of nitrogens with one attached hydrogen (secondary N) is 2. The smallest absolute Gasteiger partial charge is 0.224 e. The Morgan fingerprint density at radius 1 is 1.22 bits per heavy atom. The Balaban J connectivity index is 2.36. The van der Waals surface area contributed by atoms with Crippen molar-refractivity contribution >= 4 is 17.5 Å². The van der Waals surface area contributed by atoms with E-state index >= 15 is 0 Å². The van der Waals surface area contributed by atoms with E-state index in [-0.39, 0.29) is 5.82 Å². The summed E-state index contributed by atoms with van der Waals surface area (Å²) in [5, 5.41) is 5.77. The Morgan fingerprint density at radius 3 is 2.72 bits per heavy atom. The van der Waals surface area contributed by atoms with Crippen LogP contribution >= 0.6 is 0 Å². The molecule has 0 spiro atoms. The summed E-state index contributed by atoms with van der Waals surface area (Å²) in [6.45, 7) is 3.94. The predicted octanol–water partition coefficient (Wildman–Crippen LogP) is 3.02. The molecule has 94 valence electrons. The molecule has 0 atom stereocenters. The molecule has 0 saturated carbocycles. The van der Waals surface area contributed by atoms with Crippen LogP contribution in [-0.2, 0) is 0 Å². The van der Waals surface area contributed by atoms with Gasteiger partial charge in [0.05, 0.1) is 6.20 Å². The highest BCUT2D eigenvalue weighted by Gasteiger charge is 2.08. The van der Waals surface area contributed by atoms with E-state index in [0.29, 0.717) is 5.95 Å². The second kappa shape index (κ2) is 5.00. The van der Waals surface area contributed by atoms with Crippen molar-refractivity contribution in [2.24, 2.45) is 0 Å². The van der Waals surface area contributed by atoms with Crippen molar-refractivity contribution < 1.29 is 4.39 Å². The monoisotopic (exact) mass is 246 g/mol. The third-order valence-electron chi connectivity index (χ3n) is 2.61. The first-order valence-electron chi connectivity index (χ1n) is 5.64. The Bertz CT molecular complexity index is 569. The number of hydrogen-bond donors (Lipinski definition) is 2. The molecule has 1 aromatic carbocycles. The van der Waals surface area contributed by atoms with Gasteiger partial charge in [0.1, 0.15) is 0 Å². The Kier molecular flexibility index (Phi) is 3.41. The molecule has 0 aliphatic rings. The number of rotatable bonds is 3. The molecule has 0 fully saturated rings. The van der Waals surface area contributed by atoms with Gasteiger partial charge >= 0.3 is 0 Å². The van der Waals surface area contributed by atoms with E-state index < -0.39 is 5.82 Å². The molecule has 4 nitrogen and oxygen atoms in total. The van der Waals surface area contributed by atoms with Crippen LogP contribution in [0.15, 0.2) is 24.4 Å². The summed E-state index contributed by atoms with van der Waals surface area (Å²) in [6, 6.07) is 5.95. The van der Waals surface area contributed by atoms with Crippen molar-refractivity contribution in [2.45, 2.75) is 13.8 Å². The largest absolute Gasteiger partial charge is 0.357 e. The van der Waals surface area contributed by atoms with Crippen molar-refractivity contribution in [3.05, 3.63) is 41.3 Å². The van der Waals surface area contributed by atoms with E-state index in [9.17, 15) is 4.39 Å². The molecule has 0 aliphatic heterocycles. The molecular formula is C13H15FN4. The summed E-state index contributed by atoms with van der Waals surface area (Å²) in [7, 11) is 1.69. The van der Waals surface area contributed by atoms with Gasteiger partial charge in [-0.2, -0.15) is 4.98 Å². The van der Waals surface area contributed by atoms with Crippen molar-refractivity contribution in [3.8, 4) is 0 Å². The van der Waals surface area contributed by atoms with Crippen LogP contribution in [0.3, 0.4) is 0 Å². The topological polar surface area (TPSA) is 49.8 Å². The van der Waals surface area contributed by atoms with Crippen molar-refractivity contribution in [1.82, 2.24) is 9.97 Å². The average Bonchev–Trinajstić information content (AvgIpc) is 2.36. The lowest BCUT2D eigenvalue weighted by atomic mass is 10.1. The minimum absolute atomic E-state index is 0.169. The van der Waals surface area contributed by atoms with Gasteiger partial charge in [-0.25, -0.2) is 9.37 Å². The van der Waals surface area contributed by atoms with E-state index in [2.05, 4.69) is 20.6 Å². The number of halogens is 1. The second-order valence-electron chi connectivity index (χ2n) is 4.08. The number of aryl methyl sites for hydroxylation is 2. The third kappa shape index (κ3) is 2.56. The summed E-state index contributed by atoms with van der Waals surface area (Å²) in [4.78, 5) is 7.85. The molecule has 0 unspecified atom stereocenters. The maximum atomic E-state index is 13.6. The molecule has 2 aromatic rings. The molecule has 18 heavy (non-hydrogen) atoms. The summed E-state index contributed by atoms with van der Waals surface area (Å²) in [6.07, 6.45) is 1.15. The number of benzene rings is 1. The first kappa shape index (κ1) is 12.3. The van der Waals surface area contributed by atoms with Gasteiger partial charge < -0.3 is 10.6 Å². The van der Waals surface area contributed by atoms with Crippen LogP contribution in [0, 0.1) is 19.7 Å². The van der Waals surface area contributed by atoms with Crippen LogP contribution in [-0.4, -0.2) is 17.0 Å². The highest BCUT2D eigenvalue weighted by atomic mass is 19.1. The van der Waals surface area contributed by atoms with Crippen molar-refractivity contribution in [3.63, 3.8) is 0 Å². The third-order valence-corrected chi connectivity index (χ3v) is 2.61. The zero-order valence-electron chi connectivity index (χ0n) is 10.6. The fourth-order valence-corrected chi connectivity index (χ4v) is 1.57. The maximum absolute atomic E-state index is 13.6. The van der Waals surface area contributed by atoms with Crippen LogP contribution < -0.4 is 10.6 Å². The molecule has 0 radical (unpaired) electrons. The highest BCUT2D eigenvalue weighted by Crippen LogP contribution is 2.22. The predicted molar refractivity (Wildman–Crippen MR) is 70.7 cm³/mol. The molecule has 0 saturated heterocycles. The highest BCUT2D eigenvalue weighted by molar-refractivity contribution is 5.62. The van der Waals surface area contributed by atoms with Gasteiger partial charge in [0, 0.05) is 12.7 Å². The van der Waals surface area contributed by atoms with E-state index in [1.807, 2.05) is 32.0 Å². The van der Waals surface area contributed by atoms with Crippen LogP contribution in [0.25, 0.3) is 0 Å². The molecule has 1 heterocycles. The number of anilines is 3. The fourth-order valence-electron chi connectivity index (χ4n) is 1.57. The zero-order valence-corrected chi connectivity index (χ0v) is 10.6. The standard InChI is InChI=1S/C13H15FN4/c1-8-4-5-9(2)11(6-8)17-12-10(14)7-16-13(15-3)18-12/h4-7H,1-3H3,(H2,15,16,17,18). The van der Waals surface area contributed by atoms with E-state index in [0.717, 1.165) is 23.0 Å². The molecule has 5 heteroatoms. The molecule has 0 bridgehead atoms. The van der Waals surface area contributed by atoms with Crippen LogP contribution in [0.4, 0.5) is 21.8 Å². The Morgan fingerprint density at radius 2 is 2.00 bits per heavy atom. The van der Waals surface area contributed by atoms with Gasteiger partial charge in [0.25, 0.3) is 0 Å². The summed E-state index contributed by atoms with van der Waals surface area (Å²) in [5.41, 5.74) is 2.98. The van der Waals surface area contributed by atoms with Crippen LogP contribution in [0.5, 0.6) is 0 Å². The second-order valence-corrected chi connectivity index (χ2v) is 4.08. The fraction of sp³-hybridized carbons (Fsp3) is 0.231. The summed E-state index contributed by atoms with van der Waals surface area (Å²) >= 11 is 0. The average molecular weight is 246 g/mol. The Hall–Kier alpha value is -2.17. The molecule has 0 amide bonds. The van der Waals surface area contributed by atoms with Crippen molar-refractivity contribution in [2.75, 3.05) is 17.7 Å². The van der Waals surface area contributed by atoms with Gasteiger partial charge in [-0.1, -0.05) is 12.1 Å². The lowest BCUT2D eigenvalue weighted by molar-refractivity contribution is 0.619. The molecule has 2 rings (SSSR count). The van der Waals surface area contributed by atoms with Gasteiger partial charge in [-0.3, -0.25) is 0 Å². The Labute approximate surface area is 105 Å². The molecule has 1 aromatic heterocycles. The molecular weight excluding hydrogens is 231 g/mol. The lowest BCUT2D eigenvalue weighted by Gasteiger charge is -2.11. The van der Waals surface area contributed by atoms with Gasteiger partial charge in [0.15, 0.2) is 11.6 Å². The van der Waals surface area contributed by atoms with Gasteiger partial charge in [-0.15, -0.1) is 0 Å². The van der Waals surface area contributed by atoms with Gasteiger partial charge in [0.2, 0.25) is 5.95 Å². The van der Waals surface area contributed by atoms with Crippen molar-refractivity contribution in [1.29, 1.82) is 0 Å².